The number of hydrogen-bond acceptors (Lipinski definition) is 3. The van der Waals surface area contributed by atoms with Gasteiger partial charge in [0.15, 0.2) is 0 Å². The average Bonchev–Trinajstić information content (AvgIpc) is 2.46. The van der Waals surface area contributed by atoms with Crippen LogP contribution >= 0.6 is 11.6 Å². The molecule has 4 heteroatoms. The molecule has 0 saturated carbocycles. The molecule has 1 fully saturated rings. The molecule has 1 unspecified atom stereocenters. The van der Waals surface area contributed by atoms with Crippen molar-refractivity contribution in [1.82, 2.24) is 5.32 Å². The van der Waals surface area contributed by atoms with E-state index >= 15 is 0 Å². The van der Waals surface area contributed by atoms with Gasteiger partial charge >= 0.3 is 0 Å². The summed E-state index contributed by atoms with van der Waals surface area (Å²) in [5.74, 6) is 1.53. The second kappa shape index (κ2) is 7.13. The van der Waals surface area contributed by atoms with Crippen molar-refractivity contribution in [2.45, 2.75) is 32.4 Å². The topological polar surface area (TPSA) is 30.5 Å². The zero-order chi connectivity index (χ0) is 13.7. The SMILES string of the molecule is COc1cccc(Cl)c1CNC(C)C1CCOCC1. The molecule has 0 radical (unpaired) electrons. The van der Waals surface area contributed by atoms with E-state index in [0.29, 0.717) is 12.0 Å². The summed E-state index contributed by atoms with van der Waals surface area (Å²) in [7, 11) is 1.68. The largest absolute Gasteiger partial charge is 0.496 e. The van der Waals surface area contributed by atoms with E-state index in [4.69, 9.17) is 21.1 Å². The van der Waals surface area contributed by atoms with Gasteiger partial charge in [0.25, 0.3) is 0 Å². The fourth-order valence-corrected chi connectivity index (χ4v) is 2.78. The van der Waals surface area contributed by atoms with E-state index in [-0.39, 0.29) is 0 Å². The first kappa shape index (κ1) is 14.6. The molecule has 3 nitrogen and oxygen atoms in total. The molecule has 0 aliphatic carbocycles. The fraction of sp³-hybridized carbons (Fsp3) is 0.600. The zero-order valence-corrected chi connectivity index (χ0v) is 12.4. The molecule has 1 aromatic rings. The lowest BCUT2D eigenvalue weighted by Crippen LogP contribution is -2.36. The average molecular weight is 284 g/mol. The quantitative estimate of drug-likeness (QED) is 0.900. The highest BCUT2D eigenvalue weighted by molar-refractivity contribution is 6.31. The van der Waals surface area contributed by atoms with Crippen molar-refractivity contribution in [3.8, 4) is 5.75 Å². The Morgan fingerprint density at radius 1 is 1.42 bits per heavy atom. The second-order valence-corrected chi connectivity index (χ2v) is 5.45. The molecule has 106 valence electrons. The van der Waals surface area contributed by atoms with Gasteiger partial charge in [-0.05, 0) is 37.8 Å². The van der Waals surface area contributed by atoms with Crippen LogP contribution in [-0.4, -0.2) is 26.4 Å². The minimum atomic E-state index is 0.463. The molecule has 0 aromatic heterocycles. The third kappa shape index (κ3) is 3.85. The molecule has 1 aliphatic rings. The van der Waals surface area contributed by atoms with E-state index in [2.05, 4.69) is 12.2 Å². The van der Waals surface area contributed by atoms with Crippen molar-refractivity contribution in [3.63, 3.8) is 0 Å². The lowest BCUT2D eigenvalue weighted by atomic mass is 9.93. The first-order valence-electron chi connectivity index (χ1n) is 6.85. The van der Waals surface area contributed by atoms with Crippen LogP contribution in [0.3, 0.4) is 0 Å². The number of hydrogen-bond donors (Lipinski definition) is 1. The van der Waals surface area contributed by atoms with E-state index in [1.54, 1.807) is 7.11 Å². The Hall–Kier alpha value is -0.770. The molecular weight excluding hydrogens is 262 g/mol. The van der Waals surface area contributed by atoms with Crippen molar-refractivity contribution in [2.75, 3.05) is 20.3 Å². The van der Waals surface area contributed by atoms with Gasteiger partial charge in [0.2, 0.25) is 0 Å². The van der Waals surface area contributed by atoms with Crippen LogP contribution in [0.1, 0.15) is 25.3 Å². The number of benzene rings is 1. The van der Waals surface area contributed by atoms with Gasteiger partial charge in [-0.15, -0.1) is 0 Å². The predicted octanol–water partition coefficient (Wildman–Crippen LogP) is 3.25. The Morgan fingerprint density at radius 3 is 2.84 bits per heavy atom. The number of methoxy groups -OCH3 is 1. The lowest BCUT2D eigenvalue weighted by molar-refractivity contribution is 0.0557. The first-order valence-corrected chi connectivity index (χ1v) is 7.22. The van der Waals surface area contributed by atoms with Gasteiger partial charge < -0.3 is 14.8 Å². The maximum atomic E-state index is 6.24. The van der Waals surface area contributed by atoms with Crippen LogP contribution in [0.4, 0.5) is 0 Å². The summed E-state index contributed by atoms with van der Waals surface area (Å²) in [4.78, 5) is 0. The van der Waals surface area contributed by atoms with Crippen molar-refractivity contribution < 1.29 is 9.47 Å². The van der Waals surface area contributed by atoms with Gasteiger partial charge in [-0.2, -0.15) is 0 Å². The minimum Gasteiger partial charge on any atom is -0.496 e. The van der Waals surface area contributed by atoms with Gasteiger partial charge in [-0.1, -0.05) is 17.7 Å². The van der Waals surface area contributed by atoms with Crippen LogP contribution < -0.4 is 10.1 Å². The van der Waals surface area contributed by atoms with Gasteiger partial charge in [0.05, 0.1) is 7.11 Å². The Balaban J connectivity index is 1.94. The van der Waals surface area contributed by atoms with Crippen molar-refractivity contribution in [3.05, 3.63) is 28.8 Å². The summed E-state index contributed by atoms with van der Waals surface area (Å²) >= 11 is 6.24. The van der Waals surface area contributed by atoms with Gasteiger partial charge in [0.1, 0.15) is 5.75 Å². The molecule has 1 heterocycles. The van der Waals surface area contributed by atoms with Crippen molar-refractivity contribution >= 4 is 11.6 Å². The van der Waals surface area contributed by atoms with E-state index in [0.717, 1.165) is 48.9 Å². The summed E-state index contributed by atoms with van der Waals surface area (Å²) in [6, 6.07) is 6.22. The normalized spacial score (nSPS) is 18.3. The highest BCUT2D eigenvalue weighted by atomic mass is 35.5. The summed E-state index contributed by atoms with van der Waals surface area (Å²) in [6.07, 6.45) is 2.27. The number of nitrogens with one attached hydrogen (secondary N) is 1. The Labute approximate surface area is 120 Å². The van der Waals surface area contributed by atoms with Gasteiger partial charge in [-0.25, -0.2) is 0 Å². The van der Waals surface area contributed by atoms with E-state index in [1.807, 2.05) is 18.2 Å². The number of halogens is 1. The summed E-state index contributed by atoms with van der Waals surface area (Å²) in [5.41, 5.74) is 1.03. The molecule has 1 atom stereocenters. The molecule has 1 N–H and O–H groups in total. The summed E-state index contributed by atoms with van der Waals surface area (Å²) in [6.45, 7) is 4.73. The van der Waals surface area contributed by atoms with Crippen molar-refractivity contribution in [1.29, 1.82) is 0 Å². The molecule has 1 aromatic carbocycles. The standard InChI is InChI=1S/C15H22ClNO2/c1-11(12-6-8-19-9-7-12)17-10-13-14(16)4-3-5-15(13)18-2/h3-5,11-12,17H,6-10H2,1-2H3. The third-order valence-electron chi connectivity index (χ3n) is 3.87. The predicted molar refractivity (Wildman–Crippen MR) is 77.8 cm³/mol. The van der Waals surface area contributed by atoms with Crippen LogP contribution in [0, 0.1) is 5.92 Å². The molecular formula is C15H22ClNO2. The van der Waals surface area contributed by atoms with E-state index in [9.17, 15) is 0 Å². The maximum Gasteiger partial charge on any atom is 0.124 e. The molecule has 19 heavy (non-hydrogen) atoms. The van der Waals surface area contributed by atoms with Crippen LogP contribution in [0.25, 0.3) is 0 Å². The number of rotatable bonds is 5. The van der Waals surface area contributed by atoms with Crippen LogP contribution in [0.5, 0.6) is 5.75 Å². The molecule has 1 saturated heterocycles. The molecule has 2 rings (SSSR count). The zero-order valence-electron chi connectivity index (χ0n) is 11.6. The third-order valence-corrected chi connectivity index (χ3v) is 4.22. The molecule has 0 bridgehead atoms. The first-order chi connectivity index (χ1) is 9.22. The smallest absolute Gasteiger partial charge is 0.124 e. The second-order valence-electron chi connectivity index (χ2n) is 5.04. The molecule has 0 spiro atoms. The highest BCUT2D eigenvalue weighted by Gasteiger charge is 2.20. The van der Waals surface area contributed by atoms with E-state index < -0.39 is 0 Å². The van der Waals surface area contributed by atoms with Crippen LogP contribution in [-0.2, 0) is 11.3 Å². The van der Waals surface area contributed by atoms with Crippen LogP contribution in [0.15, 0.2) is 18.2 Å². The highest BCUT2D eigenvalue weighted by Crippen LogP contribution is 2.27. The van der Waals surface area contributed by atoms with Crippen molar-refractivity contribution in [2.24, 2.45) is 5.92 Å². The minimum absolute atomic E-state index is 0.463. The Bertz CT molecular complexity index is 405. The van der Waals surface area contributed by atoms with Crippen LogP contribution in [0.2, 0.25) is 5.02 Å². The fourth-order valence-electron chi connectivity index (χ4n) is 2.55. The molecule has 0 amide bonds. The monoisotopic (exact) mass is 283 g/mol. The maximum absolute atomic E-state index is 6.24. The number of ether oxygens (including phenoxy) is 2. The summed E-state index contributed by atoms with van der Waals surface area (Å²) in [5, 5.41) is 4.32. The van der Waals surface area contributed by atoms with Gasteiger partial charge in [0, 0.05) is 36.4 Å². The van der Waals surface area contributed by atoms with E-state index in [1.165, 1.54) is 0 Å². The lowest BCUT2D eigenvalue weighted by Gasteiger charge is -2.28. The Morgan fingerprint density at radius 2 is 2.16 bits per heavy atom. The molecule has 1 aliphatic heterocycles. The Kier molecular flexibility index (Phi) is 5.49. The van der Waals surface area contributed by atoms with Gasteiger partial charge in [-0.3, -0.25) is 0 Å². The summed E-state index contributed by atoms with van der Waals surface area (Å²) < 4.78 is 10.8.